The van der Waals surface area contributed by atoms with Crippen molar-refractivity contribution < 1.29 is 14.3 Å². The molecule has 0 spiro atoms. The molecule has 1 aromatic rings. The molecule has 22 heavy (non-hydrogen) atoms. The fourth-order valence-corrected chi connectivity index (χ4v) is 2.00. The second kappa shape index (κ2) is 8.51. The summed E-state index contributed by atoms with van der Waals surface area (Å²) in [7, 11) is 0. The van der Waals surface area contributed by atoms with Gasteiger partial charge < -0.3 is 9.64 Å². The number of hydrogen-bond acceptors (Lipinski definition) is 4. The summed E-state index contributed by atoms with van der Waals surface area (Å²) in [6.45, 7) is 9.29. The van der Waals surface area contributed by atoms with Crippen molar-refractivity contribution in [1.82, 2.24) is 9.88 Å². The van der Waals surface area contributed by atoms with Crippen molar-refractivity contribution in [1.29, 1.82) is 0 Å². The zero-order valence-corrected chi connectivity index (χ0v) is 14.0. The van der Waals surface area contributed by atoms with Crippen LogP contribution in [0, 0.1) is 6.92 Å². The molecule has 5 heteroatoms. The van der Waals surface area contributed by atoms with Crippen molar-refractivity contribution in [3.63, 3.8) is 0 Å². The summed E-state index contributed by atoms with van der Waals surface area (Å²) < 4.78 is 5.26. The van der Waals surface area contributed by atoms with Crippen LogP contribution < -0.4 is 0 Å². The minimum absolute atomic E-state index is 0.160. The second-order valence-electron chi connectivity index (χ2n) is 6.38. The predicted octanol–water partition coefficient (Wildman–Crippen LogP) is 3.61. The van der Waals surface area contributed by atoms with Crippen LogP contribution >= 0.6 is 0 Å². The highest BCUT2D eigenvalue weighted by molar-refractivity contribution is 5.76. The third kappa shape index (κ3) is 6.70. The van der Waals surface area contributed by atoms with Gasteiger partial charge in [0.15, 0.2) is 6.29 Å². The van der Waals surface area contributed by atoms with Gasteiger partial charge in [0.25, 0.3) is 0 Å². The quantitative estimate of drug-likeness (QED) is 0.744. The molecule has 1 aromatic heterocycles. The van der Waals surface area contributed by atoms with Crippen molar-refractivity contribution in [2.24, 2.45) is 0 Å². The molecule has 0 aliphatic carbocycles. The highest BCUT2D eigenvalue weighted by atomic mass is 16.6. The monoisotopic (exact) mass is 306 g/mol. The van der Waals surface area contributed by atoms with Gasteiger partial charge in [0.1, 0.15) is 5.60 Å². The smallest absolute Gasteiger partial charge is 0.410 e. The van der Waals surface area contributed by atoms with E-state index >= 15 is 0 Å². The van der Waals surface area contributed by atoms with Gasteiger partial charge in [-0.15, -0.1) is 0 Å². The Hall–Kier alpha value is -1.91. The Kier molecular flexibility index (Phi) is 7.02. The summed E-state index contributed by atoms with van der Waals surface area (Å²) in [5.74, 6) is 0. The lowest BCUT2D eigenvalue weighted by atomic mass is 10.1. The molecule has 0 N–H and O–H groups in total. The van der Waals surface area contributed by atoms with E-state index in [0.717, 1.165) is 37.8 Å². The van der Waals surface area contributed by atoms with Gasteiger partial charge in [-0.25, -0.2) is 4.79 Å². The molecule has 0 radical (unpaired) electrons. The van der Waals surface area contributed by atoms with Gasteiger partial charge in [-0.1, -0.05) is 0 Å². The van der Waals surface area contributed by atoms with Crippen LogP contribution in [0.15, 0.2) is 18.5 Å². The number of nitrogens with zero attached hydrogens (tertiary/aromatic N) is 2. The molecule has 2 rings (SSSR count). The van der Waals surface area contributed by atoms with Gasteiger partial charge >= 0.3 is 6.09 Å². The Morgan fingerprint density at radius 3 is 2.36 bits per heavy atom. The lowest BCUT2D eigenvalue weighted by Crippen LogP contribution is -2.39. The fourth-order valence-electron chi connectivity index (χ4n) is 2.00. The first-order valence-electron chi connectivity index (χ1n) is 7.67. The number of aryl methyl sites for hydroxylation is 1. The number of carbonyl (C=O) groups excluding carboxylic acids is 2. The van der Waals surface area contributed by atoms with Gasteiger partial charge in [0.2, 0.25) is 0 Å². The van der Waals surface area contributed by atoms with Crippen LogP contribution in [0.2, 0.25) is 0 Å². The number of ether oxygens (including phenoxy) is 1. The number of pyridine rings is 1. The van der Waals surface area contributed by atoms with Crippen LogP contribution in [0.5, 0.6) is 0 Å². The Labute approximate surface area is 132 Å². The van der Waals surface area contributed by atoms with E-state index in [1.807, 2.05) is 33.8 Å². The van der Waals surface area contributed by atoms with E-state index in [-0.39, 0.29) is 11.7 Å². The molecule has 1 amide bonds. The summed E-state index contributed by atoms with van der Waals surface area (Å²) in [6.07, 6.45) is 7.33. The minimum atomic E-state index is -0.367. The molecule has 0 saturated carbocycles. The molecule has 0 bridgehead atoms. The van der Waals surface area contributed by atoms with Crippen molar-refractivity contribution in [2.45, 2.75) is 52.6 Å². The third-order valence-corrected chi connectivity index (χ3v) is 3.21. The number of aromatic nitrogens is 1. The number of aldehydes is 1. The summed E-state index contributed by atoms with van der Waals surface area (Å²) >= 11 is 0. The molecule has 1 saturated heterocycles. The first kappa shape index (κ1) is 18.1. The second-order valence-corrected chi connectivity index (χ2v) is 6.38. The van der Waals surface area contributed by atoms with Gasteiger partial charge in [0.05, 0.1) is 0 Å². The number of hydrogen-bond donors (Lipinski definition) is 0. The predicted molar refractivity (Wildman–Crippen MR) is 86.0 cm³/mol. The van der Waals surface area contributed by atoms with E-state index < -0.39 is 0 Å². The van der Waals surface area contributed by atoms with Crippen molar-refractivity contribution in [3.8, 4) is 0 Å². The summed E-state index contributed by atoms with van der Waals surface area (Å²) in [6, 6.07) is 1.81. The molecule has 1 fully saturated rings. The Morgan fingerprint density at radius 1 is 1.27 bits per heavy atom. The molecular weight excluding hydrogens is 280 g/mol. The lowest BCUT2D eigenvalue weighted by Gasteiger charge is -2.29. The molecule has 5 nitrogen and oxygen atoms in total. The fraction of sp³-hybridized carbons (Fsp3) is 0.588. The summed E-state index contributed by atoms with van der Waals surface area (Å²) in [5, 5.41) is 0. The highest BCUT2D eigenvalue weighted by Crippen LogP contribution is 2.14. The molecule has 0 atom stereocenters. The largest absolute Gasteiger partial charge is 0.444 e. The van der Waals surface area contributed by atoms with E-state index in [1.54, 1.807) is 17.3 Å². The SMILES string of the molecule is CC(C)(C)OC(=O)N1CCCCC1.Cc1ccncc1C=O. The Balaban J connectivity index is 0.000000235. The topological polar surface area (TPSA) is 59.5 Å². The first-order chi connectivity index (χ1) is 10.3. The maximum Gasteiger partial charge on any atom is 0.410 e. The Bertz CT molecular complexity index is 489. The van der Waals surface area contributed by atoms with Gasteiger partial charge in [-0.3, -0.25) is 9.78 Å². The van der Waals surface area contributed by atoms with Crippen molar-refractivity contribution in [2.75, 3.05) is 13.1 Å². The van der Waals surface area contributed by atoms with E-state index in [0.29, 0.717) is 5.56 Å². The van der Waals surface area contributed by atoms with Crippen LogP contribution in [-0.2, 0) is 4.74 Å². The summed E-state index contributed by atoms with van der Waals surface area (Å²) in [4.78, 5) is 27.3. The molecule has 122 valence electrons. The van der Waals surface area contributed by atoms with Crippen LogP contribution in [0.25, 0.3) is 0 Å². The van der Waals surface area contributed by atoms with E-state index in [1.165, 1.54) is 6.42 Å². The van der Waals surface area contributed by atoms with Crippen LogP contribution in [0.3, 0.4) is 0 Å². The van der Waals surface area contributed by atoms with Crippen LogP contribution in [0.1, 0.15) is 56.0 Å². The lowest BCUT2D eigenvalue weighted by molar-refractivity contribution is 0.0216. The highest BCUT2D eigenvalue weighted by Gasteiger charge is 2.22. The van der Waals surface area contributed by atoms with Crippen molar-refractivity contribution in [3.05, 3.63) is 29.6 Å². The van der Waals surface area contributed by atoms with Crippen molar-refractivity contribution >= 4 is 12.4 Å². The molecule has 2 heterocycles. The van der Waals surface area contributed by atoms with Crippen LogP contribution in [0.4, 0.5) is 4.79 Å². The molecule has 1 aliphatic rings. The van der Waals surface area contributed by atoms with E-state index in [9.17, 15) is 9.59 Å². The van der Waals surface area contributed by atoms with Crippen LogP contribution in [-0.4, -0.2) is 41.0 Å². The normalized spacial score (nSPS) is 14.6. The van der Waals surface area contributed by atoms with Gasteiger partial charge in [-0.05, 0) is 58.6 Å². The standard InChI is InChI=1S/C10H19NO2.C7H7NO/c1-10(2,3)13-9(12)11-7-5-4-6-8-11;1-6-2-3-8-4-7(6)5-9/h4-8H2,1-3H3;2-5H,1H3. The van der Waals surface area contributed by atoms with E-state index in [2.05, 4.69) is 4.98 Å². The number of piperidine rings is 1. The van der Waals surface area contributed by atoms with E-state index in [4.69, 9.17) is 4.74 Å². The molecular formula is C17H26N2O3. The zero-order chi connectivity index (χ0) is 16.6. The average molecular weight is 306 g/mol. The average Bonchev–Trinajstić information content (AvgIpc) is 2.48. The number of rotatable bonds is 1. The maximum absolute atomic E-state index is 11.5. The molecule has 0 aromatic carbocycles. The Morgan fingerprint density at radius 2 is 1.91 bits per heavy atom. The molecule has 1 aliphatic heterocycles. The third-order valence-electron chi connectivity index (χ3n) is 3.21. The maximum atomic E-state index is 11.5. The number of likely N-dealkylation sites (tertiary alicyclic amines) is 1. The number of carbonyl (C=O) groups is 2. The minimum Gasteiger partial charge on any atom is -0.444 e. The number of amides is 1. The molecule has 0 unspecified atom stereocenters. The zero-order valence-electron chi connectivity index (χ0n) is 14.0. The van der Waals surface area contributed by atoms with Gasteiger partial charge in [-0.2, -0.15) is 0 Å². The van der Waals surface area contributed by atoms with Gasteiger partial charge in [0, 0.05) is 31.0 Å². The first-order valence-corrected chi connectivity index (χ1v) is 7.67. The summed E-state index contributed by atoms with van der Waals surface area (Å²) in [5.41, 5.74) is 1.27.